The number of hydrogen-bond donors (Lipinski definition) is 3. The summed E-state index contributed by atoms with van der Waals surface area (Å²) in [6, 6.07) is 13.4. The van der Waals surface area contributed by atoms with Crippen molar-refractivity contribution in [1.29, 1.82) is 0 Å². The first kappa shape index (κ1) is 20.3. The third-order valence-corrected chi connectivity index (χ3v) is 3.74. The molecule has 0 saturated carbocycles. The molecule has 0 radical (unpaired) electrons. The lowest BCUT2D eigenvalue weighted by molar-refractivity contribution is 0.0959. The number of amides is 2. The maximum absolute atomic E-state index is 12.2. The SMILES string of the molecule is CNC(=O)c1ccc(NC(=S)NC(=O)c2ccc(OCCOC)cc2)cc1. The highest BCUT2D eigenvalue weighted by molar-refractivity contribution is 7.80. The van der Waals surface area contributed by atoms with Crippen molar-refractivity contribution in [3.8, 4) is 5.75 Å². The fourth-order valence-corrected chi connectivity index (χ4v) is 2.34. The molecule has 0 atom stereocenters. The van der Waals surface area contributed by atoms with Crippen LogP contribution in [0.15, 0.2) is 48.5 Å². The van der Waals surface area contributed by atoms with E-state index in [0.29, 0.717) is 35.8 Å². The highest BCUT2D eigenvalue weighted by Gasteiger charge is 2.09. The predicted octanol–water partition coefficient (Wildman–Crippen LogP) is 2.20. The van der Waals surface area contributed by atoms with Crippen LogP contribution >= 0.6 is 12.2 Å². The molecule has 0 aliphatic rings. The van der Waals surface area contributed by atoms with Crippen LogP contribution in [-0.2, 0) is 4.74 Å². The highest BCUT2D eigenvalue weighted by atomic mass is 32.1. The number of rotatable bonds is 7. The summed E-state index contributed by atoms with van der Waals surface area (Å²) < 4.78 is 10.4. The zero-order valence-electron chi connectivity index (χ0n) is 15.1. The Kier molecular flexibility index (Phi) is 7.72. The lowest BCUT2D eigenvalue weighted by Crippen LogP contribution is -2.34. The van der Waals surface area contributed by atoms with Crippen LogP contribution in [0.25, 0.3) is 0 Å². The van der Waals surface area contributed by atoms with Gasteiger partial charge in [0.25, 0.3) is 11.8 Å². The van der Waals surface area contributed by atoms with Crippen molar-refractivity contribution in [2.45, 2.75) is 0 Å². The zero-order valence-corrected chi connectivity index (χ0v) is 15.9. The molecular weight excluding hydrogens is 366 g/mol. The van der Waals surface area contributed by atoms with Crippen molar-refractivity contribution in [2.24, 2.45) is 0 Å². The van der Waals surface area contributed by atoms with Gasteiger partial charge >= 0.3 is 0 Å². The van der Waals surface area contributed by atoms with Gasteiger partial charge in [-0.15, -0.1) is 0 Å². The quantitative estimate of drug-likeness (QED) is 0.499. The summed E-state index contributed by atoms with van der Waals surface area (Å²) in [7, 11) is 3.17. The normalized spacial score (nSPS) is 10.0. The molecule has 2 rings (SSSR count). The van der Waals surface area contributed by atoms with Crippen LogP contribution in [0, 0.1) is 0 Å². The number of hydrogen-bond acceptors (Lipinski definition) is 5. The van der Waals surface area contributed by atoms with E-state index in [1.807, 2.05) is 0 Å². The van der Waals surface area contributed by atoms with Crippen LogP contribution in [0.5, 0.6) is 5.75 Å². The second kappa shape index (κ2) is 10.2. The van der Waals surface area contributed by atoms with Gasteiger partial charge in [-0.1, -0.05) is 0 Å². The lowest BCUT2D eigenvalue weighted by Gasteiger charge is -2.11. The molecule has 0 aliphatic heterocycles. The molecule has 0 aliphatic carbocycles. The number of benzene rings is 2. The van der Waals surface area contributed by atoms with E-state index in [0.717, 1.165) is 0 Å². The van der Waals surface area contributed by atoms with Gasteiger partial charge in [0.1, 0.15) is 12.4 Å². The number of nitrogens with one attached hydrogen (secondary N) is 3. The molecule has 0 unspecified atom stereocenters. The topological polar surface area (TPSA) is 88.7 Å². The number of carbonyl (C=O) groups excluding carboxylic acids is 2. The fourth-order valence-electron chi connectivity index (χ4n) is 2.13. The molecule has 142 valence electrons. The van der Waals surface area contributed by atoms with Gasteiger partial charge in [0, 0.05) is 31.0 Å². The van der Waals surface area contributed by atoms with E-state index in [9.17, 15) is 9.59 Å². The molecule has 8 heteroatoms. The van der Waals surface area contributed by atoms with Gasteiger partial charge in [0.05, 0.1) is 6.61 Å². The first-order chi connectivity index (χ1) is 13.0. The predicted molar refractivity (Wildman–Crippen MR) is 107 cm³/mol. The Morgan fingerprint density at radius 3 is 2.11 bits per heavy atom. The van der Waals surface area contributed by atoms with E-state index in [2.05, 4.69) is 16.0 Å². The number of anilines is 1. The molecule has 0 bridgehead atoms. The van der Waals surface area contributed by atoms with Crippen molar-refractivity contribution in [2.75, 3.05) is 32.7 Å². The largest absolute Gasteiger partial charge is 0.491 e. The van der Waals surface area contributed by atoms with Crippen molar-refractivity contribution in [1.82, 2.24) is 10.6 Å². The molecule has 3 N–H and O–H groups in total. The minimum absolute atomic E-state index is 0.160. The standard InChI is InChI=1S/C19H21N3O4S/c1-20-17(23)13-3-7-15(8-4-13)21-19(27)22-18(24)14-5-9-16(10-6-14)26-12-11-25-2/h3-10H,11-12H2,1-2H3,(H,20,23)(H2,21,22,24,27). The van der Waals surface area contributed by atoms with E-state index in [4.69, 9.17) is 21.7 Å². The summed E-state index contributed by atoms with van der Waals surface area (Å²) in [5, 5.41) is 8.21. The first-order valence-corrected chi connectivity index (χ1v) is 8.60. The Morgan fingerprint density at radius 2 is 1.52 bits per heavy atom. The van der Waals surface area contributed by atoms with Crippen molar-refractivity contribution in [3.63, 3.8) is 0 Å². The van der Waals surface area contributed by atoms with Crippen LogP contribution in [0.4, 0.5) is 5.69 Å². The molecule has 0 aromatic heterocycles. The van der Waals surface area contributed by atoms with Gasteiger partial charge in [-0.05, 0) is 60.7 Å². The monoisotopic (exact) mass is 387 g/mol. The smallest absolute Gasteiger partial charge is 0.257 e. The van der Waals surface area contributed by atoms with Crippen molar-refractivity contribution >= 4 is 34.8 Å². The molecule has 0 saturated heterocycles. The van der Waals surface area contributed by atoms with Crippen LogP contribution in [0.3, 0.4) is 0 Å². The Bertz CT molecular complexity index is 792. The Labute approximate surface area is 163 Å². The van der Waals surface area contributed by atoms with Crippen molar-refractivity contribution in [3.05, 3.63) is 59.7 Å². The molecule has 2 amide bonds. The molecule has 0 fully saturated rings. The van der Waals surface area contributed by atoms with Crippen LogP contribution in [-0.4, -0.2) is 44.3 Å². The molecule has 27 heavy (non-hydrogen) atoms. The Balaban J connectivity index is 1.87. The maximum Gasteiger partial charge on any atom is 0.257 e. The summed E-state index contributed by atoms with van der Waals surface area (Å²) in [6.07, 6.45) is 0. The average molecular weight is 387 g/mol. The summed E-state index contributed by atoms with van der Waals surface area (Å²) >= 11 is 5.16. The van der Waals surface area contributed by atoms with Gasteiger partial charge in [0.2, 0.25) is 0 Å². The summed E-state index contributed by atoms with van der Waals surface area (Å²) in [4.78, 5) is 23.8. The highest BCUT2D eigenvalue weighted by Crippen LogP contribution is 2.13. The molecule has 2 aromatic rings. The molecule has 0 heterocycles. The third kappa shape index (κ3) is 6.36. The number of carbonyl (C=O) groups is 2. The molecule has 2 aromatic carbocycles. The number of thiocarbonyl (C=S) groups is 1. The molecular formula is C19H21N3O4S. The van der Waals surface area contributed by atoms with Gasteiger partial charge in [0.15, 0.2) is 5.11 Å². The van der Waals surface area contributed by atoms with Gasteiger partial charge < -0.3 is 20.1 Å². The minimum Gasteiger partial charge on any atom is -0.491 e. The van der Waals surface area contributed by atoms with E-state index in [1.54, 1.807) is 62.7 Å². The van der Waals surface area contributed by atoms with Gasteiger partial charge in [-0.2, -0.15) is 0 Å². The minimum atomic E-state index is -0.335. The van der Waals surface area contributed by atoms with Crippen LogP contribution in [0.2, 0.25) is 0 Å². The van der Waals surface area contributed by atoms with Crippen LogP contribution in [0.1, 0.15) is 20.7 Å². The fraction of sp³-hybridized carbons (Fsp3) is 0.211. The summed E-state index contributed by atoms with van der Waals surface area (Å²) in [5.41, 5.74) is 1.65. The Morgan fingerprint density at radius 1 is 0.926 bits per heavy atom. The van der Waals surface area contributed by atoms with Crippen LogP contribution < -0.4 is 20.7 Å². The lowest BCUT2D eigenvalue weighted by atomic mass is 10.2. The van der Waals surface area contributed by atoms with Gasteiger partial charge in [-0.3, -0.25) is 14.9 Å². The average Bonchev–Trinajstić information content (AvgIpc) is 2.68. The second-order valence-corrected chi connectivity index (χ2v) is 5.84. The summed E-state index contributed by atoms with van der Waals surface area (Å²) in [5.74, 6) is 0.144. The van der Waals surface area contributed by atoms with E-state index >= 15 is 0 Å². The van der Waals surface area contributed by atoms with Gasteiger partial charge in [-0.25, -0.2) is 0 Å². The maximum atomic E-state index is 12.2. The number of ether oxygens (including phenoxy) is 2. The molecule has 0 spiro atoms. The van der Waals surface area contributed by atoms with Crippen molar-refractivity contribution < 1.29 is 19.1 Å². The summed E-state index contributed by atoms with van der Waals surface area (Å²) in [6.45, 7) is 0.932. The first-order valence-electron chi connectivity index (χ1n) is 8.19. The van der Waals surface area contributed by atoms with E-state index in [1.165, 1.54) is 0 Å². The third-order valence-electron chi connectivity index (χ3n) is 3.53. The zero-order chi connectivity index (χ0) is 19.6. The molecule has 7 nitrogen and oxygen atoms in total. The Hall–Kier alpha value is -2.97. The second-order valence-electron chi connectivity index (χ2n) is 5.43. The van der Waals surface area contributed by atoms with E-state index < -0.39 is 0 Å². The van der Waals surface area contributed by atoms with E-state index in [-0.39, 0.29) is 16.9 Å². The number of methoxy groups -OCH3 is 1.